The maximum Gasteiger partial charge on any atom is 0.115 e. The van der Waals surface area contributed by atoms with Gasteiger partial charge < -0.3 is 15.7 Å². The molecule has 32 heavy (non-hydrogen) atoms. The second-order valence-corrected chi connectivity index (χ2v) is 11.6. The lowest BCUT2D eigenvalue weighted by Gasteiger charge is -2.33. The molecule has 2 atom stereocenters. The fourth-order valence-electron chi connectivity index (χ4n) is 4.36. The third kappa shape index (κ3) is 5.33. The summed E-state index contributed by atoms with van der Waals surface area (Å²) in [4.78, 5) is 6.75. The van der Waals surface area contributed by atoms with Crippen molar-refractivity contribution in [1.82, 2.24) is 10.6 Å². The molecule has 0 spiro atoms. The van der Waals surface area contributed by atoms with Crippen LogP contribution in [0.3, 0.4) is 0 Å². The lowest BCUT2D eigenvalue weighted by Crippen LogP contribution is -2.49. The molecule has 4 aromatic rings. The number of rotatable bonds is 8. The Morgan fingerprint density at radius 3 is 1.97 bits per heavy atom. The molecule has 3 N–H and O–H groups in total. The van der Waals surface area contributed by atoms with E-state index in [-0.39, 0.29) is 0 Å². The van der Waals surface area contributed by atoms with Crippen molar-refractivity contribution >= 4 is 34.0 Å². The van der Waals surface area contributed by atoms with Gasteiger partial charge in [-0.2, -0.15) is 0 Å². The van der Waals surface area contributed by atoms with Crippen LogP contribution >= 0.6 is 34.0 Å². The molecule has 3 aromatic heterocycles. The first-order valence-electron chi connectivity index (χ1n) is 11.2. The van der Waals surface area contributed by atoms with E-state index < -0.39 is 0 Å². The quantitative estimate of drug-likeness (QED) is 0.252. The first-order chi connectivity index (χ1) is 15.7. The number of hydrogen-bond donors (Lipinski definition) is 3. The zero-order chi connectivity index (χ0) is 21.8. The number of aromatic hydroxyl groups is 1. The van der Waals surface area contributed by atoms with E-state index in [1.165, 1.54) is 50.1 Å². The largest absolute Gasteiger partial charge is 0.508 e. The molecule has 0 bridgehead atoms. The molecule has 6 heteroatoms. The Balaban J connectivity index is 1.16. The van der Waals surface area contributed by atoms with Crippen LogP contribution in [0.2, 0.25) is 0 Å². The second kappa shape index (κ2) is 10.3. The molecule has 3 heterocycles. The summed E-state index contributed by atoms with van der Waals surface area (Å²) >= 11 is 5.55. The Hall–Kier alpha value is -1.96. The van der Waals surface area contributed by atoms with Gasteiger partial charge in [-0.3, -0.25) is 0 Å². The van der Waals surface area contributed by atoms with E-state index in [1.807, 2.05) is 46.1 Å². The highest BCUT2D eigenvalue weighted by Gasteiger charge is 2.24. The number of benzene rings is 1. The molecule has 3 nitrogen and oxygen atoms in total. The fraction of sp³-hybridized carbons (Fsp3) is 0.308. The molecular weight excluding hydrogens is 453 g/mol. The van der Waals surface area contributed by atoms with Gasteiger partial charge in [-0.1, -0.05) is 18.9 Å². The van der Waals surface area contributed by atoms with Gasteiger partial charge in [0.05, 0.1) is 0 Å². The monoisotopic (exact) mass is 480 g/mol. The van der Waals surface area contributed by atoms with E-state index in [0.29, 0.717) is 17.8 Å². The van der Waals surface area contributed by atoms with Crippen molar-refractivity contribution in [3.63, 3.8) is 0 Å². The molecule has 166 valence electrons. The highest BCUT2D eigenvalue weighted by Crippen LogP contribution is 2.32. The minimum atomic E-state index is 0.313. The topological polar surface area (TPSA) is 44.3 Å². The zero-order valence-corrected chi connectivity index (χ0v) is 20.4. The minimum Gasteiger partial charge on any atom is -0.508 e. The predicted octanol–water partition coefficient (Wildman–Crippen LogP) is 7.10. The van der Waals surface area contributed by atoms with Gasteiger partial charge in [0, 0.05) is 49.6 Å². The third-order valence-electron chi connectivity index (χ3n) is 6.08. The van der Waals surface area contributed by atoms with Gasteiger partial charge in [0.2, 0.25) is 0 Å². The highest BCUT2D eigenvalue weighted by molar-refractivity contribution is 7.21. The van der Waals surface area contributed by atoms with Gasteiger partial charge in [-0.25, -0.2) is 0 Å². The van der Waals surface area contributed by atoms with Crippen LogP contribution in [0.25, 0.3) is 20.2 Å². The van der Waals surface area contributed by atoms with Crippen molar-refractivity contribution in [3.05, 3.63) is 75.8 Å². The van der Waals surface area contributed by atoms with Crippen molar-refractivity contribution in [2.24, 2.45) is 0 Å². The van der Waals surface area contributed by atoms with Crippen molar-refractivity contribution < 1.29 is 5.11 Å². The standard InChI is InChI=1S/C26H28N2OS3/c29-19-9-7-18(8-10-19)24-13-11-20(31-24)16-27-22-4-1-2-5-23(22)28-17-21-12-14-26(32-21)25-6-3-15-30-25/h3,6-15,22-23,27-29H,1-2,4-5,16-17H2/t22-,23-/m1/s1. The van der Waals surface area contributed by atoms with Crippen LogP contribution in [0.5, 0.6) is 5.75 Å². The molecule has 0 saturated heterocycles. The van der Waals surface area contributed by atoms with E-state index in [0.717, 1.165) is 18.7 Å². The summed E-state index contributed by atoms with van der Waals surface area (Å²) in [6.07, 6.45) is 5.09. The summed E-state index contributed by atoms with van der Waals surface area (Å²) in [6.45, 7) is 1.86. The molecule has 5 rings (SSSR count). The summed E-state index contributed by atoms with van der Waals surface area (Å²) in [7, 11) is 0. The van der Waals surface area contributed by atoms with Crippen LogP contribution < -0.4 is 10.6 Å². The zero-order valence-electron chi connectivity index (χ0n) is 17.9. The Morgan fingerprint density at radius 2 is 1.34 bits per heavy atom. The number of nitrogens with one attached hydrogen (secondary N) is 2. The van der Waals surface area contributed by atoms with E-state index in [4.69, 9.17) is 0 Å². The normalized spacial score (nSPS) is 18.8. The molecule has 1 fully saturated rings. The Morgan fingerprint density at radius 1 is 0.719 bits per heavy atom. The van der Waals surface area contributed by atoms with Gasteiger partial charge in [-0.05, 0) is 78.4 Å². The summed E-state index contributed by atoms with van der Waals surface area (Å²) in [6, 6.07) is 21.8. The smallest absolute Gasteiger partial charge is 0.115 e. The Kier molecular flexibility index (Phi) is 7.05. The molecule has 1 saturated carbocycles. The Bertz CT molecular complexity index is 1110. The number of hydrogen-bond acceptors (Lipinski definition) is 6. The van der Waals surface area contributed by atoms with E-state index in [1.54, 1.807) is 12.1 Å². The number of phenolic OH excluding ortho intramolecular Hbond substituents is 1. The molecule has 1 aromatic carbocycles. The second-order valence-electron chi connectivity index (χ2n) is 8.32. The first-order valence-corrected chi connectivity index (χ1v) is 13.7. The van der Waals surface area contributed by atoms with Crippen LogP contribution in [0.15, 0.2) is 66.0 Å². The maximum absolute atomic E-state index is 9.51. The molecule has 1 aliphatic carbocycles. The van der Waals surface area contributed by atoms with Crippen molar-refractivity contribution in [2.45, 2.75) is 50.9 Å². The minimum absolute atomic E-state index is 0.313. The predicted molar refractivity (Wildman–Crippen MR) is 139 cm³/mol. The number of phenols is 1. The lowest BCUT2D eigenvalue weighted by atomic mass is 9.90. The first kappa shape index (κ1) is 21.9. The van der Waals surface area contributed by atoms with Gasteiger partial charge in [0.25, 0.3) is 0 Å². The van der Waals surface area contributed by atoms with Crippen molar-refractivity contribution in [2.75, 3.05) is 0 Å². The van der Waals surface area contributed by atoms with Crippen molar-refractivity contribution in [1.29, 1.82) is 0 Å². The highest BCUT2D eigenvalue weighted by atomic mass is 32.1. The van der Waals surface area contributed by atoms with Crippen LogP contribution in [0.4, 0.5) is 0 Å². The average Bonchev–Trinajstić information content (AvgIpc) is 3.59. The van der Waals surface area contributed by atoms with E-state index in [9.17, 15) is 5.11 Å². The van der Waals surface area contributed by atoms with Crippen LogP contribution in [0.1, 0.15) is 35.4 Å². The van der Waals surface area contributed by atoms with Crippen LogP contribution in [-0.4, -0.2) is 17.2 Å². The molecular formula is C26H28N2OS3. The molecule has 0 aliphatic heterocycles. The number of thiophene rings is 3. The molecule has 0 amide bonds. The van der Waals surface area contributed by atoms with Crippen LogP contribution in [-0.2, 0) is 13.1 Å². The van der Waals surface area contributed by atoms with Gasteiger partial charge in [0.1, 0.15) is 5.75 Å². The third-order valence-corrected chi connectivity index (χ3v) is 9.37. The average molecular weight is 481 g/mol. The maximum atomic E-state index is 9.51. The SMILES string of the molecule is Oc1ccc(-c2ccc(CN[C@@H]3CCCC[C@H]3NCc3ccc(-c4cccs4)s3)s2)cc1. The van der Waals surface area contributed by atoms with E-state index in [2.05, 4.69) is 52.4 Å². The van der Waals surface area contributed by atoms with Gasteiger partial charge in [-0.15, -0.1) is 34.0 Å². The molecule has 1 aliphatic rings. The van der Waals surface area contributed by atoms with Gasteiger partial charge in [0.15, 0.2) is 0 Å². The lowest BCUT2D eigenvalue weighted by molar-refractivity contribution is 0.282. The summed E-state index contributed by atoms with van der Waals surface area (Å²) in [5, 5.41) is 19.3. The summed E-state index contributed by atoms with van der Waals surface area (Å²) in [5.74, 6) is 0.313. The Labute approximate surface area is 201 Å². The van der Waals surface area contributed by atoms with E-state index >= 15 is 0 Å². The van der Waals surface area contributed by atoms with Crippen molar-refractivity contribution in [3.8, 4) is 25.9 Å². The van der Waals surface area contributed by atoms with Crippen LogP contribution in [0, 0.1) is 0 Å². The summed E-state index contributed by atoms with van der Waals surface area (Å²) < 4.78 is 0. The molecule has 0 radical (unpaired) electrons. The fourth-order valence-corrected chi connectivity index (χ4v) is 7.12. The summed E-state index contributed by atoms with van der Waals surface area (Å²) in [5.41, 5.74) is 1.16. The molecule has 0 unspecified atom stereocenters. The van der Waals surface area contributed by atoms with Gasteiger partial charge >= 0.3 is 0 Å².